The summed E-state index contributed by atoms with van der Waals surface area (Å²) in [7, 11) is -7.86. The zero-order valence-corrected chi connectivity index (χ0v) is 21.1. The molecule has 2 aromatic carbocycles. The number of carbonyl (C=O) groups excluding carboxylic acids is 1. The number of hydrogen-bond acceptors (Lipinski definition) is 6. The van der Waals surface area contributed by atoms with Crippen LogP contribution in [0.1, 0.15) is 13.8 Å². The van der Waals surface area contributed by atoms with E-state index in [-0.39, 0.29) is 18.8 Å². The topological polar surface area (TPSA) is 98.8 Å². The highest BCUT2D eigenvalue weighted by molar-refractivity contribution is 7.95. The second-order valence-corrected chi connectivity index (χ2v) is 12.4. The number of sulfone groups is 1. The summed E-state index contributed by atoms with van der Waals surface area (Å²) in [6.45, 7) is 3.29. The molecule has 0 fully saturated rings. The standard InChI is InChI=1S/C24H25ClNO6PS/c1-3-31-33(28,32-4-2)23(21-15-34(29,30)22-12-10-18(25)14-20(21)22)24(27)26-19-11-9-16-7-5-6-8-17(16)13-19/h5-15,20,22-23H,3-4H2,1-2H3,(H,26,27). The van der Waals surface area contributed by atoms with E-state index in [4.69, 9.17) is 20.6 Å². The van der Waals surface area contributed by atoms with Crippen molar-refractivity contribution in [2.24, 2.45) is 5.92 Å². The van der Waals surface area contributed by atoms with Gasteiger partial charge in [0.2, 0.25) is 5.91 Å². The Bertz CT molecular complexity index is 1360. The fourth-order valence-corrected chi connectivity index (χ4v) is 8.46. The van der Waals surface area contributed by atoms with Crippen molar-refractivity contribution in [1.29, 1.82) is 0 Å². The van der Waals surface area contributed by atoms with Crippen LogP contribution in [-0.4, -0.2) is 38.4 Å². The first-order valence-electron chi connectivity index (χ1n) is 10.9. The van der Waals surface area contributed by atoms with Crippen molar-refractivity contribution in [1.82, 2.24) is 0 Å². The van der Waals surface area contributed by atoms with E-state index >= 15 is 0 Å². The molecule has 1 aliphatic carbocycles. The molecule has 1 aliphatic heterocycles. The molecule has 0 aromatic heterocycles. The van der Waals surface area contributed by atoms with E-state index < -0.39 is 40.2 Å². The lowest BCUT2D eigenvalue weighted by Gasteiger charge is -2.29. The highest BCUT2D eigenvalue weighted by atomic mass is 35.5. The predicted molar refractivity (Wildman–Crippen MR) is 135 cm³/mol. The van der Waals surface area contributed by atoms with Crippen molar-refractivity contribution in [2.75, 3.05) is 18.5 Å². The number of fused-ring (bicyclic) bond motifs is 2. The third kappa shape index (κ3) is 4.79. The fourth-order valence-electron chi connectivity index (χ4n) is 4.32. The van der Waals surface area contributed by atoms with Gasteiger partial charge in [0, 0.05) is 22.0 Å². The number of anilines is 1. The van der Waals surface area contributed by atoms with Crippen LogP contribution in [0.3, 0.4) is 0 Å². The summed E-state index contributed by atoms with van der Waals surface area (Å²) < 4.78 is 50.7. The van der Waals surface area contributed by atoms with Gasteiger partial charge in [-0.1, -0.05) is 54.1 Å². The Labute approximate surface area is 203 Å². The zero-order valence-electron chi connectivity index (χ0n) is 18.7. The Hall–Kier alpha value is -2.22. The normalized spacial score (nSPS) is 22.1. The minimum atomic E-state index is -4.10. The van der Waals surface area contributed by atoms with Gasteiger partial charge in [0.1, 0.15) is 0 Å². The SMILES string of the molecule is CCOP(=O)(OCC)C(C(=O)Nc1ccc2ccccc2c1)C1=CS(=O)(=O)C2C=CC(Cl)=CC12. The van der Waals surface area contributed by atoms with Gasteiger partial charge in [-0.05, 0) is 48.4 Å². The molecule has 3 unspecified atom stereocenters. The summed E-state index contributed by atoms with van der Waals surface area (Å²) in [5, 5.41) is 5.11. The summed E-state index contributed by atoms with van der Waals surface area (Å²) in [5.41, 5.74) is -0.866. The first kappa shape index (κ1) is 24.9. The molecular formula is C24H25ClNO6PS. The first-order chi connectivity index (χ1) is 16.2. The van der Waals surface area contributed by atoms with E-state index in [1.807, 2.05) is 30.3 Å². The minimum Gasteiger partial charge on any atom is -0.325 e. The molecule has 0 saturated carbocycles. The van der Waals surface area contributed by atoms with E-state index in [1.54, 1.807) is 32.1 Å². The molecule has 10 heteroatoms. The lowest BCUT2D eigenvalue weighted by atomic mass is 9.90. The van der Waals surface area contributed by atoms with E-state index in [2.05, 4.69) is 5.32 Å². The number of amides is 1. The van der Waals surface area contributed by atoms with Crippen molar-refractivity contribution >= 4 is 51.4 Å². The Morgan fingerprint density at radius 1 is 1.12 bits per heavy atom. The Morgan fingerprint density at radius 2 is 1.79 bits per heavy atom. The van der Waals surface area contributed by atoms with Crippen LogP contribution in [0.2, 0.25) is 0 Å². The lowest BCUT2D eigenvalue weighted by molar-refractivity contribution is -0.115. The first-order valence-corrected chi connectivity index (χ1v) is 14.5. The van der Waals surface area contributed by atoms with Gasteiger partial charge in [-0.2, -0.15) is 0 Å². The molecule has 0 spiro atoms. The zero-order chi connectivity index (χ0) is 24.5. The molecule has 7 nitrogen and oxygen atoms in total. The molecule has 1 heterocycles. The quantitative estimate of drug-likeness (QED) is 0.467. The van der Waals surface area contributed by atoms with Gasteiger partial charge in [-0.3, -0.25) is 9.36 Å². The molecule has 3 atom stereocenters. The van der Waals surface area contributed by atoms with E-state index in [9.17, 15) is 17.8 Å². The Kier molecular flexibility index (Phi) is 7.17. The summed E-state index contributed by atoms with van der Waals surface area (Å²) in [6.07, 6.45) is 4.55. The maximum Gasteiger partial charge on any atom is 0.347 e. The molecular weight excluding hydrogens is 497 g/mol. The van der Waals surface area contributed by atoms with Crippen LogP contribution in [0, 0.1) is 5.92 Å². The number of halogens is 1. The van der Waals surface area contributed by atoms with Crippen molar-refractivity contribution in [2.45, 2.75) is 24.8 Å². The number of carbonyl (C=O) groups is 1. The molecule has 4 rings (SSSR count). The smallest absolute Gasteiger partial charge is 0.325 e. The highest BCUT2D eigenvalue weighted by Crippen LogP contribution is 2.59. The number of allylic oxidation sites excluding steroid dienone is 3. The van der Waals surface area contributed by atoms with Gasteiger partial charge in [-0.25, -0.2) is 8.42 Å². The van der Waals surface area contributed by atoms with Crippen LogP contribution < -0.4 is 5.32 Å². The third-order valence-corrected chi connectivity index (χ3v) is 10.2. The van der Waals surface area contributed by atoms with Crippen molar-refractivity contribution in [3.05, 3.63) is 76.7 Å². The molecule has 2 aliphatic rings. The molecule has 0 bridgehead atoms. The monoisotopic (exact) mass is 521 g/mol. The van der Waals surface area contributed by atoms with Gasteiger partial charge in [0.15, 0.2) is 15.5 Å². The van der Waals surface area contributed by atoms with Gasteiger partial charge in [0.25, 0.3) is 0 Å². The van der Waals surface area contributed by atoms with Crippen LogP contribution in [0.25, 0.3) is 10.8 Å². The maximum absolute atomic E-state index is 13.9. The van der Waals surface area contributed by atoms with Crippen LogP contribution >= 0.6 is 19.2 Å². The second kappa shape index (κ2) is 9.80. The molecule has 0 radical (unpaired) electrons. The average molecular weight is 522 g/mol. The third-order valence-electron chi connectivity index (χ3n) is 5.72. The summed E-state index contributed by atoms with van der Waals surface area (Å²) in [4.78, 5) is 13.6. The molecule has 2 aromatic rings. The van der Waals surface area contributed by atoms with Gasteiger partial charge in [0.05, 0.1) is 18.5 Å². The maximum atomic E-state index is 13.9. The number of rotatable bonds is 8. The molecule has 1 N–H and O–H groups in total. The Balaban J connectivity index is 1.78. The summed E-state index contributed by atoms with van der Waals surface area (Å²) in [6, 6.07) is 13.0. The fraction of sp³-hybridized carbons (Fsp3) is 0.292. The minimum absolute atomic E-state index is 0.0155. The second-order valence-electron chi connectivity index (χ2n) is 7.94. The predicted octanol–water partition coefficient (Wildman–Crippen LogP) is 5.40. The lowest BCUT2D eigenvalue weighted by Crippen LogP contribution is -2.34. The molecule has 180 valence electrons. The summed E-state index contributed by atoms with van der Waals surface area (Å²) in [5.74, 6) is -1.44. The van der Waals surface area contributed by atoms with Crippen LogP contribution in [0.4, 0.5) is 5.69 Å². The van der Waals surface area contributed by atoms with E-state index in [0.29, 0.717) is 10.7 Å². The van der Waals surface area contributed by atoms with Gasteiger partial charge >= 0.3 is 7.60 Å². The number of hydrogen-bond donors (Lipinski definition) is 1. The highest BCUT2D eigenvalue weighted by Gasteiger charge is 2.52. The molecule has 34 heavy (non-hydrogen) atoms. The molecule has 1 amide bonds. The van der Waals surface area contributed by atoms with Crippen LogP contribution in [-0.2, 0) is 28.2 Å². The van der Waals surface area contributed by atoms with Gasteiger partial charge < -0.3 is 14.4 Å². The summed E-state index contributed by atoms with van der Waals surface area (Å²) >= 11 is 6.17. The van der Waals surface area contributed by atoms with Crippen molar-refractivity contribution in [3.63, 3.8) is 0 Å². The largest absolute Gasteiger partial charge is 0.347 e. The molecule has 0 saturated heterocycles. The van der Waals surface area contributed by atoms with Crippen molar-refractivity contribution in [3.8, 4) is 0 Å². The average Bonchev–Trinajstić information content (AvgIpc) is 3.03. The van der Waals surface area contributed by atoms with E-state index in [1.165, 1.54) is 12.2 Å². The number of nitrogens with one attached hydrogen (secondary N) is 1. The van der Waals surface area contributed by atoms with Crippen LogP contribution in [0.5, 0.6) is 0 Å². The van der Waals surface area contributed by atoms with Crippen molar-refractivity contribution < 1.29 is 26.8 Å². The number of benzene rings is 2. The van der Waals surface area contributed by atoms with Crippen LogP contribution in [0.15, 0.2) is 76.7 Å². The van der Waals surface area contributed by atoms with Gasteiger partial charge in [-0.15, -0.1) is 0 Å². The van der Waals surface area contributed by atoms with E-state index in [0.717, 1.165) is 16.2 Å². The Morgan fingerprint density at radius 3 is 2.47 bits per heavy atom.